The molecule has 0 bridgehead atoms. The molecule has 1 fully saturated rings. The fraction of sp³-hybridized carbons (Fsp3) is 0.282. The molecule has 1 atom stereocenters. The number of hydrogen-bond acceptors (Lipinski definition) is 7. The lowest BCUT2D eigenvalue weighted by Gasteiger charge is -2.36. The minimum Gasteiger partial charge on any atom is -0.392 e. The molecule has 258 valence electrons. The SMILES string of the molecule is Cc1ccc(S(=O)(=O)n2cc(-c3c(C)nn(Cc4cccc(F)c4)c3C)c3cc(-c4ccc(N5CCN(C[C@H](C)O)CC5)cc4)cnc32)cc1. The third kappa shape index (κ3) is 6.56. The molecule has 7 rings (SSSR count). The number of fused-ring (bicyclic) bond motifs is 1. The van der Waals surface area contributed by atoms with E-state index in [1.54, 1.807) is 42.7 Å². The Morgan fingerprint density at radius 2 is 1.62 bits per heavy atom. The van der Waals surface area contributed by atoms with E-state index < -0.39 is 10.0 Å². The van der Waals surface area contributed by atoms with Crippen LogP contribution in [0.1, 0.15) is 29.4 Å². The van der Waals surface area contributed by atoms with E-state index in [1.807, 2.05) is 44.5 Å². The van der Waals surface area contributed by atoms with Crippen molar-refractivity contribution in [2.45, 2.75) is 45.2 Å². The molecule has 9 nitrogen and oxygen atoms in total. The molecular formula is C39H41FN6O3S. The number of aliphatic hydroxyl groups excluding tert-OH is 1. The van der Waals surface area contributed by atoms with E-state index in [1.165, 1.54) is 16.1 Å². The first-order chi connectivity index (χ1) is 24.0. The maximum absolute atomic E-state index is 14.1. The highest BCUT2D eigenvalue weighted by atomic mass is 32.2. The highest BCUT2D eigenvalue weighted by molar-refractivity contribution is 7.90. The fourth-order valence-electron chi connectivity index (χ4n) is 6.92. The quantitative estimate of drug-likeness (QED) is 0.187. The monoisotopic (exact) mass is 692 g/mol. The van der Waals surface area contributed by atoms with Crippen molar-refractivity contribution in [1.82, 2.24) is 23.6 Å². The Morgan fingerprint density at radius 3 is 2.30 bits per heavy atom. The maximum atomic E-state index is 14.1. The van der Waals surface area contributed by atoms with Gasteiger partial charge in [-0.05, 0) is 81.3 Å². The van der Waals surface area contributed by atoms with Crippen molar-refractivity contribution in [3.8, 4) is 22.3 Å². The molecule has 0 aliphatic carbocycles. The Labute approximate surface area is 292 Å². The van der Waals surface area contributed by atoms with Crippen LogP contribution < -0.4 is 4.90 Å². The normalized spacial score (nSPS) is 14.8. The largest absolute Gasteiger partial charge is 0.392 e. The summed E-state index contributed by atoms with van der Waals surface area (Å²) in [5, 5.41) is 15.3. The standard InChI is InChI=1S/C39H41FN6O3S/c1-26-8-14-35(15-9-26)50(48,49)46-25-37(38-28(3)42-45(29(38)4)24-30-6-5-7-33(40)20-30)36-21-32(22-41-39(36)46)31-10-12-34(13-11-31)44-18-16-43(17-19-44)23-27(2)47/h5-15,20-22,25,27,47H,16-19,23-24H2,1-4H3/t27-/m0/s1. The zero-order chi connectivity index (χ0) is 35.2. The second kappa shape index (κ2) is 13.5. The summed E-state index contributed by atoms with van der Waals surface area (Å²) < 4.78 is 45.3. The van der Waals surface area contributed by atoms with Crippen LogP contribution in [0.2, 0.25) is 0 Å². The van der Waals surface area contributed by atoms with Gasteiger partial charge in [0.2, 0.25) is 0 Å². The number of nitrogens with zero attached hydrogens (tertiary/aromatic N) is 6. The first-order valence-electron chi connectivity index (χ1n) is 16.9. The van der Waals surface area contributed by atoms with Crippen LogP contribution in [0.15, 0.2) is 96.2 Å². The van der Waals surface area contributed by atoms with Crippen molar-refractivity contribution in [1.29, 1.82) is 0 Å². The predicted octanol–water partition coefficient (Wildman–Crippen LogP) is 6.42. The van der Waals surface area contributed by atoms with E-state index in [2.05, 4.69) is 34.1 Å². The van der Waals surface area contributed by atoms with Crippen molar-refractivity contribution < 1.29 is 17.9 Å². The van der Waals surface area contributed by atoms with Crippen LogP contribution in [0, 0.1) is 26.6 Å². The molecule has 1 N–H and O–H groups in total. The second-order valence-electron chi connectivity index (χ2n) is 13.3. The molecule has 4 heterocycles. The lowest BCUT2D eigenvalue weighted by atomic mass is 10.0. The second-order valence-corrected chi connectivity index (χ2v) is 15.1. The number of rotatable bonds is 9. The summed E-state index contributed by atoms with van der Waals surface area (Å²) in [6.07, 6.45) is 3.04. The molecule has 6 aromatic rings. The highest BCUT2D eigenvalue weighted by Gasteiger charge is 2.26. The Hall–Kier alpha value is -4.84. The predicted molar refractivity (Wildman–Crippen MR) is 195 cm³/mol. The summed E-state index contributed by atoms with van der Waals surface area (Å²) in [6.45, 7) is 12.2. The zero-order valence-electron chi connectivity index (χ0n) is 28.7. The Kier molecular flexibility index (Phi) is 9.06. The Morgan fingerprint density at radius 1 is 0.900 bits per heavy atom. The number of halogens is 1. The summed E-state index contributed by atoms with van der Waals surface area (Å²) >= 11 is 0. The average Bonchev–Trinajstić information content (AvgIpc) is 3.60. The molecule has 1 aliphatic rings. The maximum Gasteiger partial charge on any atom is 0.269 e. The van der Waals surface area contributed by atoms with Crippen LogP contribution in [-0.2, 0) is 16.6 Å². The molecule has 0 saturated carbocycles. The third-order valence-electron chi connectivity index (χ3n) is 9.52. The minimum atomic E-state index is -3.99. The third-order valence-corrected chi connectivity index (χ3v) is 11.2. The molecule has 1 aliphatic heterocycles. The summed E-state index contributed by atoms with van der Waals surface area (Å²) in [5.41, 5.74) is 8.11. The molecule has 50 heavy (non-hydrogen) atoms. The first kappa shape index (κ1) is 33.6. The van der Waals surface area contributed by atoms with Crippen LogP contribution in [0.25, 0.3) is 33.3 Å². The summed E-state index contributed by atoms with van der Waals surface area (Å²) in [6, 6.07) is 23.6. The van der Waals surface area contributed by atoms with E-state index in [0.29, 0.717) is 29.7 Å². The fourth-order valence-corrected chi connectivity index (χ4v) is 8.24. The van der Waals surface area contributed by atoms with Gasteiger partial charge in [0, 0.05) is 78.6 Å². The molecule has 3 aromatic carbocycles. The Bertz CT molecular complexity index is 2270. The number of aliphatic hydroxyl groups is 1. The van der Waals surface area contributed by atoms with Gasteiger partial charge in [0.1, 0.15) is 5.82 Å². The highest BCUT2D eigenvalue weighted by Crippen LogP contribution is 2.38. The van der Waals surface area contributed by atoms with Gasteiger partial charge in [0.05, 0.1) is 23.2 Å². The Balaban J connectivity index is 1.29. The molecule has 0 amide bonds. The summed E-state index contributed by atoms with van der Waals surface area (Å²) in [5.74, 6) is -0.310. The van der Waals surface area contributed by atoms with Crippen LogP contribution >= 0.6 is 0 Å². The number of pyridine rings is 1. The van der Waals surface area contributed by atoms with Crippen LogP contribution in [-0.4, -0.2) is 76.0 Å². The van der Waals surface area contributed by atoms with Gasteiger partial charge in [0.15, 0.2) is 5.65 Å². The van der Waals surface area contributed by atoms with Crippen LogP contribution in [0.4, 0.5) is 10.1 Å². The van der Waals surface area contributed by atoms with Crippen LogP contribution in [0.5, 0.6) is 0 Å². The van der Waals surface area contributed by atoms with Gasteiger partial charge < -0.3 is 10.0 Å². The van der Waals surface area contributed by atoms with Gasteiger partial charge in [-0.25, -0.2) is 21.8 Å². The lowest BCUT2D eigenvalue weighted by molar-refractivity contribution is 0.123. The number of piperazine rings is 1. The smallest absolute Gasteiger partial charge is 0.269 e. The topological polar surface area (TPSA) is 96.5 Å². The molecule has 11 heteroatoms. The van der Waals surface area contributed by atoms with E-state index in [-0.39, 0.29) is 16.8 Å². The average molecular weight is 693 g/mol. The minimum absolute atomic E-state index is 0.176. The lowest BCUT2D eigenvalue weighted by Crippen LogP contribution is -2.48. The van der Waals surface area contributed by atoms with Gasteiger partial charge in [-0.15, -0.1) is 0 Å². The van der Waals surface area contributed by atoms with Crippen molar-refractivity contribution in [3.63, 3.8) is 0 Å². The molecule has 1 saturated heterocycles. The van der Waals surface area contributed by atoms with Crippen molar-refractivity contribution >= 4 is 26.7 Å². The van der Waals surface area contributed by atoms with Crippen LogP contribution in [0.3, 0.4) is 0 Å². The van der Waals surface area contributed by atoms with Gasteiger partial charge in [-0.1, -0.05) is 42.0 Å². The van der Waals surface area contributed by atoms with E-state index >= 15 is 0 Å². The van der Waals surface area contributed by atoms with E-state index in [0.717, 1.165) is 71.1 Å². The van der Waals surface area contributed by atoms with E-state index in [9.17, 15) is 17.9 Å². The molecule has 0 spiro atoms. The number of anilines is 1. The van der Waals surface area contributed by atoms with Crippen molar-refractivity contribution in [2.24, 2.45) is 0 Å². The van der Waals surface area contributed by atoms with Gasteiger partial charge in [0.25, 0.3) is 10.0 Å². The van der Waals surface area contributed by atoms with Crippen molar-refractivity contribution in [2.75, 3.05) is 37.6 Å². The van der Waals surface area contributed by atoms with Gasteiger partial charge >= 0.3 is 0 Å². The molecule has 3 aromatic heterocycles. The number of hydrogen-bond donors (Lipinski definition) is 1. The van der Waals surface area contributed by atoms with E-state index in [4.69, 9.17) is 10.1 Å². The zero-order valence-corrected chi connectivity index (χ0v) is 29.5. The van der Waals surface area contributed by atoms with Gasteiger partial charge in [-0.3, -0.25) is 9.58 Å². The number of aryl methyl sites for hydroxylation is 2. The summed E-state index contributed by atoms with van der Waals surface area (Å²) in [7, 11) is -3.99. The number of aromatic nitrogens is 4. The number of benzene rings is 3. The molecule has 0 radical (unpaired) electrons. The summed E-state index contributed by atoms with van der Waals surface area (Å²) in [4.78, 5) is 9.59. The van der Waals surface area contributed by atoms with Gasteiger partial charge in [-0.2, -0.15) is 5.10 Å². The first-order valence-corrected chi connectivity index (χ1v) is 18.3. The van der Waals surface area contributed by atoms with Crippen molar-refractivity contribution in [3.05, 3.63) is 120 Å². The molecule has 0 unspecified atom stereocenters. The molecular weight excluding hydrogens is 652 g/mol. The number of β-amino-alcohol motifs (C(OH)–C–C–N with tert-alkyl or cyclic N) is 1.